The second kappa shape index (κ2) is 4.64. The number of anilines is 1. The third kappa shape index (κ3) is 2.61. The molecule has 0 spiro atoms. The van der Waals surface area contributed by atoms with Gasteiger partial charge in [0.05, 0.1) is 0 Å². The molecule has 0 amide bonds. The molecule has 0 unspecified atom stereocenters. The van der Waals surface area contributed by atoms with E-state index < -0.39 is 0 Å². The molecule has 1 saturated carbocycles. The molecule has 76 valence electrons. The van der Waals surface area contributed by atoms with Gasteiger partial charge in [0.2, 0.25) is 0 Å². The number of nitrogens with two attached hydrogens (primary N) is 1. The van der Waals surface area contributed by atoms with Crippen LogP contribution in [0, 0.1) is 0 Å². The summed E-state index contributed by atoms with van der Waals surface area (Å²) in [5.74, 6) is 0.568. The van der Waals surface area contributed by atoms with E-state index in [0.717, 1.165) is 10.3 Å². The Balaban J connectivity index is 1.95. The van der Waals surface area contributed by atoms with Crippen molar-refractivity contribution in [3.05, 3.63) is 12.4 Å². The molecular weight excluding hydrogens is 194 g/mol. The summed E-state index contributed by atoms with van der Waals surface area (Å²) in [6, 6.07) is 1.86. The first kappa shape index (κ1) is 9.77. The Morgan fingerprint density at radius 3 is 2.71 bits per heavy atom. The monoisotopic (exact) mass is 209 g/mol. The van der Waals surface area contributed by atoms with Crippen LogP contribution in [0.15, 0.2) is 17.4 Å². The standard InChI is InChI=1S/C10H15N3S/c11-9-6-10(13-7-12-9)14-8-4-2-1-3-5-8/h6-8H,1-5H2,(H2,11,12,13). The molecule has 14 heavy (non-hydrogen) atoms. The predicted molar refractivity (Wildman–Crippen MR) is 59.2 cm³/mol. The van der Waals surface area contributed by atoms with E-state index in [1.165, 1.54) is 32.1 Å². The van der Waals surface area contributed by atoms with Crippen LogP contribution in [0.5, 0.6) is 0 Å². The summed E-state index contributed by atoms with van der Waals surface area (Å²) in [5.41, 5.74) is 5.60. The van der Waals surface area contributed by atoms with Gasteiger partial charge in [-0.05, 0) is 12.8 Å². The number of hydrogen-bond acceptors (Lipinski definition) is 4. The van der Waals surface area contributed by atoms with Gasteiger partial charge in [0, 0.05) is 11.3 Å². The summed E-state index contributed by atoms with van der Waals surface area (Å²) in [4.78, 5) is 8.09. The number of aromatic nitrogens is 2. The summed E-state index contributed by atoms with van der Waals surface area (Å²) >= 11 is 1.85. The van der Waals surface area contributed by atoms with Crippen LogP contribution in [0.3, 0.4) is 0 Å². The number of hydrogen-bond donors (Lipinski definition) is 1. The van der Waals surface area contributed by atoms with Gasteiger partial charge in [0.25, 0.3) is 0 Å². The highest BCUT2D eigenvalue weighted by atomic mass is 32.2. The summed E-state index contributed by atoms with van der Waals surface area (Å²) in [5, 5.41) is 1.75. The summed E-state index contributed by atoms with van der Waals surface area (Å²) in [6.07, 6.45) is 8.28. The van der Waals surface area contributed by atoms with E-state index in [2.05, 4.69) is 9.97 Å². The third-order valence-corrected chi connectivity index (χ3v) is 3.77. The van der Waals surface area contributed by atoms with E-state index >= 15 is 0 Å². The third-order valence-electron chi connectivity index (χ3n) is 2.50. The summed E-state index contributed by atoms with van der Waals surface area (Å²) in [6.45, 7) is 0. The molecule has 1 aromatic rings. The highest BCUT2D eigenvalue weighted by Gasteiger charge is 2.15. The molecule has 2 rings (SSSR count). The molecule has 0 bridgehead atoms. The van der Waals surface area contributed by atoms with Crippen LogP contribution in [0.25, 0.3) is 0 Å². The molecule has 1 aromatic heterocycles. The molecule has 0 aliphatic heterocycles. The molecule has 1 fully saturated rings. The van der Waals surface area contributed by atoms with E-state index in [4.69, 9.17) is 5.73 Å². The lowest BCUT2D eigenvalue weighted by atomic mass is 10.0. The van der Waals surface area contributed by atoms with Gasteiger partial charge in [-0.15, -0.1) is 11.8 Å². The van der Waals surface area contributed by atoms with Gasteiger partial charge >= 0.3 is 0 Å². The Morgan fingerprint density at radius 2 is 2.00 bits per heavy atom. The van der Waals surface area contributed by atoms with Gasteiger partial charge in [-0.25, -0.2) is 9.97 Å². The normalized spacial score (nSPS) is 18.3. The zero-order valence-corrected chi connectivity index (χ0v) is 8.96. The van der Waals surface area contributed by atoms with E-state index in [9.17, 15) is 0 Å². The van der Waals surface area contributed by atoms with Crippen LogP contribution in [0.2, 0.25) is 0 Å². The number of nitrogen functional groups attached to an aromatic ring is 1. The van der Waals surface area contributed by atoms with Gasteiger partial charge in [-0.1, -0.05) is 19.3 Å². The van der Waals surface area contributed by atoms with Crippen molar-refractivity contribution in [2.24, 2.45) is 0 Å². The molecule has 3 nitrogen and oxygen atoms in total. The zero-order chi connectivity index (χ0) is 9.80. The molecule has 0 atom stereocenters. The lowest BCUT2D eigenvalue weighted by Crippen LogP contribution is -2.08. The molecule has 0 saturated heterocycles. The second-order valence-corrected chi connectivity index (χ2v) is 4.98. The van der Waals surface area contributed by atoms with Crippen molar-refractivity contribution in [1.29, 1.82) is 0 Å². The largest absolute Gasteiger partial charge is 0.384 e. The first-order valence-corrected chi connectivity index (χ1v) is 5.97. The predicted octanol–water partition coefficient (Wildman–Crippen LogP) is 2.48. The first-order valence-electron chi connectivity index (χ1n) is 5.09. The van der Waals surface area contributed by atoms with Crippen molar-refractivity contribution in [1.82, 2.24) is 9.97 Å². The van der Waals surface area contributed by atoms with E-state index in [1.807, 2.05) is 17.8 Å². The quantitative estimate of drug-likeness (QED) is 0.760. The smallest absolute Gasteiger partial charge is 0.127 e. The lowest BCUT2D eigenvalue weighted by molar-refractivity contribution is 0.515. The maximum atomic E-state index is 5.60. The number of rotatable bonds is 2. The van der Waals surface area contributed by atoms with Crippen molar-refractivity contribution in [2.75, 3.05) is 5.73 Å². The Labute approximate surface area is 88.5 Å². The molecule has 4 heteroatoms. The SMILES string of the molecule is Nc1cc(SC2CCCCC2)ncn1. The highest BCUT2D eigenvalue weighted by Crippen LogP contribution is 2.32. The summed E-state index contributed by atoms with van der Waals surface area (Å²) in [7, 11) is 0. The Morgan fingerprint density at radius 1 is 1.21 bits per heavy atom. The zero-order valence-electron chi connectivity index (χ0n) is 8.15. The second-order valence-electron chi connectivity index (χ2n) is 3.66. The number of thioether (sulfide) groups is 1. The number of nitrogens with zero attached hydrogens (tertiary/aromatic N) is 2. The van der Waals surface area contributed by atoms with Gasteiger partial charge in [0.1, 0.15) is 17.2 Å². The van der Waals surface area contributed by atoms with Crippen LogP contribution in [-0.4, -0.2) is 15.2 Å². The first-order chi connectivity index (χ1) is 6.84. The Hall–Kier alpha value is -0.770. The Bertz CT molecular complexity index is 297. The van der Waals surface area contributed by atoms with Crippen molar-refractivity contribution in [3.63, 3.8) is 0 Å². The van der Waals surface area contributed by atoms with Crippen LogP contribution < -0.4 is 5.73 Å². The van der Waals surface area contributed by atoms with Crippen LogP contribution >= 0.6 is 11.8 Å². The Kier molecular flexibility index (Phi) is 3.24. The maximum absolute atomic E-state index is 5.60. The van der Waals surface area contributed by atoms with E-state index in [-0.39, 0.29) is 0 Å². The minimum Gasteiger partial charge on any atom is -0.384 e. The minimum absolute atomic E-state index is 0.568. The van der Waals surface area contributed by atoms with Gasteiger partial charge < -0.3 is 5.73 Å². The molecule has 0 aromatic carbocycles. The fraction of sp³-hybridized carbons (Fsp3) is 0.600. The van der Waals surface area contributed by atoms with Crippen LogP contribution in [0.4, 0.5) is 5.82 Å². The molecule has 2 N–H and O–H groups in total. The van der Waals surface area contributed by atoms with E-state index in [0.29, 0.717) is 5.82 Å². The lowest BCUT2D eigenvalue weighted by Gasteiger charge is -2.20. The topological polar surface area (TPSA) is 51.8 Å². The van der Waals surface area contributed by atoms with Crippen LogP contribution in [-0.2, 0) is 0 Å². The van der Waals surface area contributed by atoms with E-state index in [1.54, 1.807) is 6.33 Å². The maximum Gasteiger partial charge on any atom is 0.127 e. The van der Waals surface area contributed by atoms with Gasteiger partial charge in [0.15, 0.2) is 0 Å². The average molecular weight is 209 g/mol. The average Bonchev–Trinajstić information content (AvgIpc) is 2.19. The van der Waals surface area contributed by atoms with Crippen LogP contribution in [0.1, 0.15) is 32.1 Å². The van der Waals surface area contributed by atoms with Crippen molar-refractivity contribution in [2.45, 2.75) is 42.4 Å². The summed E-state index contributed by atoms with van der Waals surface area (Å²) < 4.78 is 0. The molecular formula is C10H15N3S. The van der Waals surface area contributed by atoms with Gasteiger partial charge in [-0.2, -0.15) is 0 Å². The molecule has 1 aliphatic carbocycles. The minimum atomic E-state index is 0.568. The van der Waals surface area contributed by atoms with Crippen molar-refractivity contribution >= 4 is 17.6 Å². The van der Waals surface area contributed by atoms with Crippen molar-refractivity contribution < 1.29 is 0 Å². The van der Waals surface area contributed by atoms with Gasteiger partial charge in [-0.3, -0.25) is 0 Å². The fourth-order valence-electron chi connectivity index (χ4n) is 1.77. The molecule has 0 radical (unpaired) electrons. The van der Waals surface area contributed by atoms with Crippen molar-refractivity contribution in [3.8, 4) is 0 Å². The fourth-order valence-corrected chi connectivity index (χ4v) is 2.98. The highest BCUT2D eigenvalue weighted by molar-refractivity contribution is 7.99. The molecule has 1 heterocycles. The molecule has 1 aliphatic rings.